The van der Waals surface area contributed by atoms with E-state index in [0.717, 1.165) is 11.3 Å². The normalized spacial score (nSPS) is 20.1. The number of amides is 1. The lowest BCUT2D eigenvalue weighted by atomic mass is 10.0. The van der Waals surface area contributed by atoms with Gasteiger partial charge < -0.3 is 19.6 Å². The van der Waals surface area contributed by atoms with Crippen molar-refractivity contribution >= 4 is 21.6 Å². The third-order valence-corrected chi connectivity index (χ3v) is 8.14. The molecule has 1 heterocycles. The maximum atomic E-state index is 13.2. The second-order valence-electron chi connectivity index (χ2n) is 9.17. The number of hydrogen-bond acceptors (Lipinski definition) is 6. The van der Waals surface area contributed by atoms with Gasteiger partial charge in [-0.1, -0.05) is 25.1 Å². The van der Waals surface area contributed by atoms with Crippen LogP contribution < -0.4 is 9.64 Å². The Morgan fingerprint density at radius 1 is 1.15 bits per heavy atom. The van der Waals surface area contributed by atoms with E-state index < -0.39 is 16.1 Å². The second kappa shape index (κ2) is 10.8. The zero-order valence-corrected chi connectivity index (χ0v) is 21.3. The Balaban J connectivity index is 1.98. The zero-order chi connectivity index (χ0) is 25.0. The molecule has 3 atom stereocenters. The molecule has 1 aliphatic rings. The van der Waals surface area contributed by atoms with Crippen LogP contribution in [0.5, 0.6) is 5.75 Å². The standard InChI is InChI=1S/C25H35N3O5S/c1-18-15-28(19(2)17-29)25(30)14-20-13-21(26(3)4)11-12-23(20)33-24(18)16-27(5)34(31,32)22-9-7-6-8-10-22/h6-13,18-19,24,29H,14-17H2,1-5H3/t18-,19+,24-/m1/s1. The van der Waals surface area contributed by atoms with Crippen LogP contribution in [0.25, 0.3) is 0 Å². The Kier molecular flexibility index (Phi) is 8.22. The molecule has 0 radical (unpaired) electrons. The van der Waals surface area contributed by atoms with Crippen molar-refractivity contribution in [1.82, 2.24) is 9.21 Å². The van der Waals surface area contributed by atoms with Gasteiger partial charge >= 0.3 is 0 Å². The molecule has 0 aliphatic carbocycles. The highest BCUT2D eigenvalue weighted by Gasteiger charge is 2.33. The van der Waals surface area contributed by atoms with E-state index in [9.17, 15) is 18.3 Å². The van der Waals surface area contributed by atoms with E-state index in [2.05, 4.69) is 0 Å². The molecule has 0 unspecified atom stereocenters. The average Bonchev–Trinajstić information content (AvgIpc) is 2.86. The molecule has 186 valence electrons. The molecular weight excluding hydrogens is 454 g/mol. The largest absolute Gasteiger partial charge is 0.488 e. The molecule has 9 heteroatoms. The molecule has 1 N–H and O–H groups in total. The van der Waals surface area contributed by atoms with E-state index in [1.807, 2.05) is 51.0 Å². The van der Waals surface area contributed by atoms with Crippen LogP contribution in [-0.2, 0) is 21.2 Å². The van der Waals surface area contributed by atoms with Crippen molar-refractivity contribution in [2.45, 2.75) is 37.3 Å². The fourth-order valence-corrected chi connectivity index (χ4v) is 5.24. The summed E-state index contributed by atoms with van der Waals surface area (Å²) in [6.45, 7) is 4.05. The number of hydrogen-bond donors (Lipinski definition) is 1. The summed E-state index contributed by atoms with van der Waals surface area (Å²) in [5.74, 6) is 0.283. The smallest absolute Gasteiger partial charge is 0.242 e. The molecule has 34 heavy (non-hydrogen) atoms. The first-order valence-corrected chi connectivity index (χ1v) is 12.9. The molecule has 0 aromatic heterocycles. The van der Waals surface area contributed by atoms with E-state index in [-0.39, 0.29) is 42.3 Å². The minimum Gasteiger partial charge on any atom is -0.488 e. The van der Waals surface area contributed by atoms with E-state index in [1.54, 1.807) is 42.3 Å². The lowest BCUT2D eigenvalue weighted by Crippen LogP contribution is -2.48. The molecule has 0 saturated heterocycles. The summed E-state index contributed by atoms with van der Waals surface area (Å²) in [5.41, 5.74) is 1.67. The summed E-state index contributed by atoms with van der Waals surface area (Å²) in [6, 6.07) is 13.6. The quantitative estimate of drug-likeness (QED) is 0.642. The first-order chi connectivity index (χ1) is 16.0. The van der Waals surface area contributed by atoms with Crippen LogP contribution in [0.3, 0.4) is 0 Å². The number of carbonyl (C=O) groups excluding carboxylic acids is 1. The van der Waals surface area contributed by atoms with Gasteiger partial charge in [0.1, 0.15) is 11.9 Å². The molecule has 0 spiro atoms. The third-order valence-electron chi connectivity index (χ3n) is 6.30. The van der Waals surface area contributed by atoms with Crippen LogP contribution in [0.4, 0.5) is 5.69 Å². The molecule has 0 fully saturated rings. The number of likely N-dealkylation sites (N-methyl/N-ethyl adjacent to an activating group) is 1. The minimum atomic E-state index is -3.71. The van der Waals surface area contributed by atoms with E-state index in [0.29, 0.717) is 12.3 Å². The summed E-state index contributed by atoms with van der Waals surface area (Å²) < 4.78 is 34.0. The summed E-state index contributed by atoms with van der Waals surface area (Å²) in [6.07, 6.45) is -0.370. The van der Waals surface area contributed by atoms with Crippen molar-refractivity contribution in [1.29, 1.82) is 0 Å². The van der Waals surface area contributed by atoms with Gasteiger partial charge in [-0.15, -0.1) is 0 Å². The number of anilines is 1. The highest BCUT2D eigenvalue weighted by atomic mass is 32.2. The number of sulfonamides is 1. The lowest BCUT2D eigenvalue weighted by molar-refractivity contribution is -0.134. The van der Waals surface area contributed by atoms with Gasteiger partial charge in [0.05, 0.1) is 30.5 Å². The monoisotopic (exact) mass is 489 g/mol. The number of benzene rings is 2. The van der Waals surface area contributed by atoms with Gasteiger partial charge in [0.25, 0.3) is 0 Å². The first kappa shape index (κ1) is 26.0. The van der Waals surface area contributed by atoms with Crippen molar-refractivity contribution in [2.24, 2.45) is 5.92 Å². The minimum absolute atomic E-state index is 0.0972. The topological polar surface area (TPSA) is 90.4 Å². The number of nitrogens with zero attached hydrogens (tertiary/aromatic N) is 3. The van der Waals surface area contributed by atoms with Crippen LogP contribution in [0, 0.1) is 5.92 Å². The molecule has 1 amide bonds. The lowest BCUT2D eigenvalue weighted by Gasteiger charge is -2.33. The van der Waals surface area contributed by atoms with Crippen molar-refractivity contribution in [2.75, 3.05) is 45.7 Å². The first-order valence-electron chi connectivity index (χ1n) is 11.4. The van der Waals surface area contributed by atoms with Crippen LogP contribution in [-0.4, -0.2) is 81.6 Å². The van der Waals surface area contributed by atoms with Gasteiger partial charge in [0.2, 0.25) is 15.9 Å². The van der Waals surface area contributed by atoms with Gasteiger partial charge in [0, 0.05) is 44.9 Å². The predicted molar refractivity (Wildman–Crippen MR) is 133 cm³/mol. The van der Waals surface area contributed by atoms with Gasteiger partial charge in [-0.25, -0.2) is 8.42 Å². The van der Waals surface area contributed by atoms with Crippen LogP contribution in [0.1, 0.15) is 19.4 Å². The van der Waals surface area contributed by atoms with E-state index in [1.165, 1.54) is 4.31 Å². The fraction of sp³-hybridized carbons (Fsp3) is 0.480. The molecule has 3 rings (SSSR count). The predicted octanol–water partition coefficient (Wildman–Crippen LogP) is 2.22. The van der Waals surface area contributed by atoms with Crippen molar-refractivity contribution < 1.29 is 23.1 Å². The Hall–Kier alpha value is -2.62. The molecule has 1 aliphatic heterocycles. The zero-order valence-electron chi connectivity index (χ0n) is 20.5. The number of carbonyl (C=O) groups is 1. The van der Waals surface area contributed by atoms with Crippen molar-refractivity contribution in [3.8, 4) is 5.75 Å². The van der Waals surface area contributed by atoms with Crippen LogP contribution >= 0.6 is 0 Å². The van der Waals surface area contributed by atoms with E-state index in [4.69, 9.17) is 4.74 Å². The fourth-order valence-electron chi connectivity index (χ4n) is 4.04. The average molecular weight is 490 g/mol. The second-order valence-corrected chi connectivity index (χ2v) is 11.2. The number of aliphatic hydroxyl groups is 1. The molecule has 0 saturated carbocycles. The van der Waals surface area contributed by atoms with Crippen molar-refractivity contribution in [3.05, 3.63) is 54.1 Å². The van der Waals surface area contributed by atoms with E-state index >= 15 is 0 Å². The molecule has 8 nitrogen and oxygen atoms in total. The Labute approximate surface area is 202 Å². The summed E-state index contributed by atoms with van der Waals surface area (Å²) >= 11 is 0. The number of fused-ring (bicyclic) bond motifs is 1. The molecule has 2 aromatic rings. The Morgan fingerprint density at radius 3 is 2.44 bits per heavy atom. The van der Waals surface area contributed by atoms with Crippen molar-refractivity contribution in [3.63, 3.8) is 0 Å². The summed E-state index contributed by atoms with van der Waals surface area (Å²) in [5, 5.41) is 9.76. The Bertz CT molecular complexity index is 1090. The number of rotatable bonds is 7. The highest BCUT2D eigenvalue weighted by molar-refractivity contribution is 7.89. The van der Waals surface area contributed by atoms with Gasteiger partial charge in [-0.3, -0.25) is 4.79 Å². The number of aliphatic hydroxyl groups excluding tert-OH is 1. The SMILES string of the molecule is C[C@@H]1CN([C@@H](C)CO)C(=O)Cc2cc(N(C)C)ccc2O[C@@H]1CN(C)S(=O)(=O)c1ccccc1. The maximum absolute atomic E-state index is 13.2. The van der Waals surface area contributed by atoms with Crippen LogP contribution in [0.15, 0.2) is 53.4 Å². The molecular formula is C25H35N3O5S. The highest BCUT2D eigenvalue weighted by Crippen LogP contribution is 2.30. The molecule has 0 bridgehead atoms. The van der Waals surface area contributed by atoms with Gasteiger partial charge in [0.15, 0.2) is 0 Å². The maximum Gasteiger partial charge on any atom is 0.242 e. The third kappa shape index (κ3) is 5.71. The molecule has 2 aromatic carbocycles. The number of ether oxygens (including phenoxy) is 1. The van der Waals surface area contributed by atoms with Gasteiger partial charge in [-0.2, -0.15) is 4.31 Å². The summed E-state index contributed by atoms with van der Waals surface area (Å²) in [7, 11) is 1.68. The van der Waals surface area contributed by atoms with Gasteiger partial charge in [-0.05, 0) is 37.3 Å². The van der Waals surface area contributed by atoms with Crippen LogP contribution in [0.2, 0.25) is 0 Å². The Morgan fingerprint density at radius 2 is 1.82 bits per heavy atom. The summed E-state index contributed by atoms with van der Waals surface area (Å²) in [4.78, 5) is 17.1.